The van der Waals surface area contributed by atoms with Crippen LogP contribution >= 0.6 is 0 Å². The van der Waals surface area contributed by atoms with Crippen molar-refractivity contribution in [2.45, 2.75) is 6.92 Å². The van der Waals surface area contributed by atoms with E-state index in [1.54, 1.807) is 13.3 Å². The second-order valence-corrected chi connectivity index (χ2v) is 5.94. The number of amidine groups is 1. The Morgan fingerprint density at radius 2 is 1.92 bits per heavy atom. The van der Waals surface area contributed by atoms with Gasteiger partial charge < -0.3 is 15.8 Å². The molecule has 3 aromatic rings. The van der Waals surface area contributed by atoms with Crippen molar-refractivity contribution in [1.82, 2.24) is 4.98 Å². The van der Waals surface area contributed by atoms with Crippen molar-refractivity contribution in [3.05, 3.63) is 65.9 Å². The molecule has 0 aliphatic heterocycles. The number of benzene rings is 2. The fourth-order valence-corrected chi connectivity index (χ4v) is 2.79. The molecule has 1 heterocycles. The Labute approximate surface area is 152 Å². The number of para-hydroxylation sites is 1. The first-order valence-electron chi connectivity index (χ1n) is 8.15. The number of nitrogen functional groups attached to an aromatic ring is 1. The van der Waals surface area contributed by atoms with Crippen molar-refractivity contribution in [3.8, 4) is 16.9 Å². The Hall–Kier alpha value is -3.54. The third-order valence-electron chi connectivity index (χ3n) is 4.18. The number of anilines is 3. The van der Waals surface area contributed by atoms with Crippen molar-refractivity contribution in [2.24, 2.45) is 5.73 Å². The molecule has 7 N–H and O–H groups in total. The van der Waals surface area contributed by atoms with Crippen LogP contribution in [0.15, 0.2) is 54.7 Å². The molecule has 0 atom stereocenters. The van der Waals surface area contributed by atoms with Crippen molar-refractivity contribution in [1.29, 1.82) is 0 Å². The van der Waals surface area contributed by atoms with Gasteiger partial charge >= 0.3 is 0 Å². The Balaban J connectivity index is 2.10. The van der Waals surface area contributed by atoms with Crippen LogP contribution in [0.2, 0.25) is 0 Å². The number of aryl methyl sites for hydroxylation is 1. The Morgan fingerprint density at radius 1 is 1.15 bits per heavy atom. The Morgan fingerprint density at radius 3 is 2.62 bits per heavy atom. The van der Waals surface area contributed by atoms with Gasteiger partial charge in [-0.25, -0.2) is 4.98 Å². The number of ether oxygens (including phenoxy) is 1. The van der Waals surface area contributed by atoms with Crippen molar-refractivity contribution >= 4 is 23.0 Å². The molecule has 132 valence electrons. The van der Waals surface area contributed by atoms with E-state index >= 15 is 0 Å². The number of hydrogen-bond acceptors (Lipinski definition) is 4. The summed E-state index contributed by atoms with van der Waals surface area (Å²) >= 11 is 0. The minimum atomic E-state index is 0.135. The van der Waals surface area contributed by atoms with Crippen LogP contribution in [-0.2, 0) is 0 Å². The largest absolute Gasteiger partial charge is 0.497 e. The molecule has 3 rings (SSSR count). The molecule has 6 heteroatoms. The first kappa shape index (κ1) is 17.3. The summed E-state index contributed by atoms with van der Waals surface area (Å²) in [4.78, 5) is 4.49. The number of nitrogens with two attached hydrogens (primary N) is 3. The molecule has 26 heavy (non-hydrogen) atoms. The molecule has 0 saturated heterocycles. The molecule has 0 aliphatic carbocycles. The lowest BCUT2D eigenvalue weighted by atomic mass is 9.99. The maximum atomic E-state index is 6.35. The zero-order valence-electron chi connectivity index (χ0n) is 14.8. The van der Waals surface area contributed by atoms with Crippen LogP contribution in [-0.4, -0.2) is 17.9 Å². The standard InChI is InChI=1S/C20H21N5O/c1-12-6-3-4-9-16(12)25-20-18(21)17(19(22)23)15(11-24-20)13-7-5-8-14(10-13)26-2/h3-11H,21H2,1-2H3,(H3,22,23)(H,24,25)/p+1. The van der Waals surface area contributed by atoms with Gasteiger partial charge in [0.05, 0.1) is 18.4 Å². The van der Waals surface area contributed by atoms with Crippen LogP contribution in [0.5, 0.6) is 5.75 Å². The average Bonchev–Trinajstić information content (AvgIpc) is 2.64. The van der Waals surface area contributed by atoms with Crippen LogP contribution < -0.4 is 26.9 Å². The zero-order valence-corrected chi connectivity index (χ0v) is 14.8. The minimum Gasteiger partial charge on any atom is -0.497 e. The first-order valence-corrected chi connectivity index (χ1v) is 8.15. The van der Waals surface area contributed by atoms with E-state index < -0.39 is 0 Å². The summed E-state index contributed by atoms with van der Waals surface area (Å²) in [6.07, 6.45) is 1.71. The summed E-state index contributed by atoms with van der Waals surface area (Å²) < 4.78 is 5.29. The van der Waals surface area contributed by atoms with Gasteiger partial charge in [0.15, 0.2) is 5.82 Å². The Bertz CT molecular complexity index is 968. The number of methoxy groups -OCH3 is 1. The number of pyridine rings is 1. The number of rotatable bonds is 5. The molecule has 0 bridgehead atoms. The third-order valence-corrected chi connectivity index (χ3v) is 4.18. The van der Waals surface area contributed by atoms with Crippen molar-refractivity contribution < 1.29 is 10.1 Å². The van der Waals surface area contributed by atoms with E-state index in [0.717, 1.165) is 28.1 Å². The van der Waals surface area contributed by atoms with Crippen LogP contribution in [0, 0.1) is 6.92 Å². The van der Waals surface area contributed by atoms with Gasteiger partial charge in [-0.2, -0.15) is 0 Å². The molecular weight excluding hydrogens is 326 g/mol. The predicted octanol–water partition coefficient (Wildman–Crippen LogP) is 1.86. The van der Waals surface area contributed by atoms with Gasteiger partial charge in [0, 0.05) is 17.4 Å². The van der Waals surface area contributed by atoms with E-state index in [9.17, 15) is 0 Å². The van der Waals surface area contributed by atoms with Crippen LogP contribution in [0.4, 0.5) is 17.2 Å². The molecule has 0 unspecified atom stereocenters. The fourth-order valence-electron chi connectivity index (χ4n) is 2.79. The summed E-state index contributed by atoms with van der Waals surface area (Å²) in [5.74, 6) is 1.37. The van der Waals surface area contributed by atoms with Gasteiger partial charge in [-0.15, -0.1) is 0 Å². The van der Waals surface area contributed by atoms with E-state index in [4.69, 9.17) is 21.6 Å². The maximum absolute atomic E-state index is 6.35. The topological polar surface area (TPSA) is 112 Å². The van der Waals surface area contributed by atoms with Gasteiger partial charge in [0.1, 0.15) is 5.75 Å². The van der Waals surface area contributed by atoms with Gasteiger partial charge in [0.25, 0.3) is 5.84 Å². The highest BCUT2D eigenvalue weighted by molar-refractivity contribution is 6.06. The monoisotopic (exact) mass is 348 g/mol. The van der Waals surface area contributed by atoms with Crippen molar-refractivity contribution in [3.63, 3.8) is 0 Å². The zero-order chi connectivity index (χ0) is 18.7. The molecule has 2 aromatic carbocycles. The summed E-state index contributed by atoms with van der Waals surface area (Å²) in [6, 6.07) is 15.5. The second-order valence-electron chi connectivity index (χ2n) is 5.94. The van der Waals surface area contributed by atoms with E-state index in [0.29, 0.717) is 17.1 Å². The highest BCUT2D eigenvalue weighted by atomic mass is 16.5. The highest BCUT2D eigenvalue weighted by Gasteiger charge is 2.20. The molecule has 0 amide bonds. The quantitative estimate of drug-likeness (QED) is 0.415. The summed E-state index contributed by atoms with van der Waals surface area (Å²) in [6.45, 7) is 2.01. The molecule has 1 aromatic heterocycles. The van der Waals surface area contributed by atoms with Gasteiger partial charge in [-0.05, 0) is 36.2 Å². The molecule has 6 nitrogen and oxygen atoms in total. The van der Waals surface area contributed by atoms with Crippen LogP contribution in [0.3, 0.4) is 0 Å². The van der Waals surface area contributed by atoms with Gasteiger partial charge in [0.2, 0.25) is 0 Å². The number of nitrogens with one attached hydrogen (secondary N) is 1. The number of nitrogens with zero attached hydrogens (tertiary/aromatic N) is 1. The van der Waals surface area contributed by atoms with Gasteiger partial charge in [-0.1, -0.05) is 30.3 Å². The summed E-state index contributed by atoms with van der Waals surface area (Å²) in [7, 11) is 1.62. The second kappa shape index (κ2) is 7.14. The molecule has 0 spiro atoms. The van der Waals surface area contributed by atoms with E-state index in [-0.39, 0.29) is 5.84 Å². The fraction of sp³-hybridized carbons (Fsp3) is 0.100. The lowest BCUT2D eigenvalue weighted by Crippen LogP contribution is -2.47. The SMILES string of the molecule is COc1cccc(-c2cnc(Nc3ccccc3C)c(N)c2C(N)=[NH2+])c1. The molecule has 0 fully saturated rings. The van der Waals surface area contributed by atoms with E-state index in [2.05, 4.69) is 10.3 Å². The smallest absolute Gasteiger partial charge is 0.273 e. The Kier molecular flexibility index (Phi) is 4.75. The predicted molar refractivity (Wildman–Crippen MR) is 105 cm³/mol. The molecular formula is C20H22N5O+. The molecule has 0 radical (unpaired) electrons. The molecule has 0 aliphatic rings. The molecule has 0 saturated carbocycles. The summed E-state index contributed by atoms with van der Waals surface area (Å²) in [5, 5.41) is 9.19. The first-order chi connectivity index (χ1) is 12.5. The van der Waals surface area contributed by atoms with E-state index in [1.807, 2.05) is 55.5 Å². The highest BCUT2D eigenvalue weighted by Crippen LogP contribution is 2.33. The average molecular weight is 348 g/mol. The van der Waals surface area contributed by atoms with Gasteiger partial charge in [-0.3, -0.25) is 11.1 Å². The lowest BCUT2D eigenvalue weighted by molar-refractivity contribution is -0.114. The van der Waals surface area contributed by atoms with Crippen molar-refractivity contribution in [2.75, 3.05) is 18.2 Å². The third kappa shape index (κ3) is 3.30. The number of aromatic nitrogens is 1. The summed E-state index contributed by atoms with van der Waals surface area (Å²) in [5.41, 5.74) is 16.9. The normalized spacial score (nSPS) is 10.4. The van der Waals surface area contributed by atoms with Crippen LogP contribution in [0.1, 0.15) is 11.1 Å². The minimum absolute atomic E-state index is 0.135. The lowest BCUT2D eigenvalue weighted by Gasteiger charge is -2.15. The van der Waals surface area contributed by atoms with E-state index in [1.165, 1.54) is 0 Å². The van der Waals surface area contributed by atoms with Crippen LogP contribution in [0.25, 0.3) is 11.1 Å². The maximum Gasteiger partial charge on any atom is 0.273 e. The number of hydrogen-bond donors (Lipinski definition) is 4.